The normalized spacial score (nSPS) is 11.4. The van der Waals surface area contributed by atoms with E-state index in [2.05, 4.69) is 18.6 Å². The average Bonchev–Trinajstić information content (AvgIpc) is 2.53. The third-order valence-electron chi connectivity index (χ3n) is 3.48. The number of ether oxygens (including phenoxy) is 2. The number of benzene rings is 2. The molecule has 0 bridgehead atoms. The topological polar surface area (TPSA) is 64.6 Å². The minimum absolute atomic E-state index is 0.0695. The molecule has 6 heteroatoms. The molecule has 0 saturated heterocycles. The molecule has 5 nitrogen and oxygen atoms in total. The Morgan fingerprint density at radius 1 is 1.04 bits per heavy atom. The van der Waals surface area contributed by atoms with Crippen LogP contribution in [-0.2, 0) is 16.4 Å². The third kappa shape index (κ3) is 4.41. The lowest BCUT2D eigenvalue weighted by molar-refractivity contribution is 0.386. The summed E-state index contributed by atoms with van der Waals surface area (Å²) in [7, 11) is -0.814. The Labute approximate surface area is 143 Å². The van der Waals surface area contributed by atoms with E-state index in [-0.39, 0.29) is 10.6 Å². The van der Waals surface area contributed by atoms with Gasteiger partial charge in [0, 0.05) is 11.8 Å². The van der Waals surface area contributed by atoms with Gasteiger partial charge in [0.15, 0.2) is 0 Å². The number of sulfonamides is 1. The smallest absolute Gasteiger partial charge is 0.265 e. The zero-order chi connectivity index (χ0) is 17.7. The molecule has 2 aromatic rings. The second kappa shape index (κ2) is 7.57. The molecule has 0 radical (unpaired) electrons. The summed E-state index contributed by atoms with van der Waals surface area (Å²) in [5, 5.41) is 0. The van der Waals surface area contributed by atoms with Crippen molar-refractivity contribution in [1.82, 2.24) is 0 Å². The first kappa shape index (κ1) is 18.1. The number of hydrogen-bond acceptors (Lipinski definition) is 4. The van der Waals surface area contributed by atoms with Gasteiger partial charge in [-0.3, -0.25) is 4.72 Å². The van der Waals surface area contributed by atoms with E-state index in [0.717, 1.165) is 12.0 Å². The predicted octanol–water partition coefficient (Wildman–Crippen LogP) is 3.70. The molecule has 0 aliphatic rings. The molecule has 130 valence electrons. The van der Waals surface area contributed by atoms with Crippen LogP contribution < -0.4 is 14.2 Å². The predicted molar refractivity (Wildman–Crippen MR) is 95.3 cm³/mol. The molecule has 0 atom stereocenters. The Morgan fingerprint density at radius 3 is 2.42 bits per heavy atom. The number of rotatable bonds is 7. The van der Waals surface area contributed by atoms with E-state index in [1.807, 2.05) is 18.2 Å². The van der Waals surface area contributed by atoms with Crippen LogP contribution in [0.25, 0.3) is 0 Å². The first-order valence-electron chi connectivity index (χ1n) is 7.69. The number of nitrogens with one attached hydrogen (secondary N) is 1. The summed E-state index contributed by atoms with van der Waals surface area (Å²) in [5.41, 5.74) is 1.62. The molecule has 2 rings (SSSR count). The molecular formula is C18H23NO4S. The van der Waals surface area contributed by atoms with Crippen molar-refractivity contribution < 1.29 is 17.9 Å². The van der Waals surface area contributed by atoms with E-state index in [4.69, 9.17) is 9.47 Å². The van der Waals surface area contributed by atoms with Crippen molar-refractivity contribution >= 4 is 15.7 Å². The minimum Gasteiger partial charge on any atom is -0.497 e. The standard InChI is InChI=1S/C18H23NO4S/c1-13(2)10-14-6-5-7-15(11-14)19-24(20,21)18-9-8-16(22-3)12-17(18)23-4/h5-9,11-13,19H,10H2,1-4H3. The zero-order valence-electron chi connectivity index (χ0n) is 14.4. The van der Waals surface area contributed by atoms with Gasteiger partial charge in [-0.2, -0.15) is 0 Å². The van der Waals surface area contributed by atoms with Crippen molar-refractivity contribution in [2.75, 3.05) is 18.9 Å². The van der Waals surface area contributed by atoms with Crippen LogP contribution in [0, 0.1) is 5.92 Å². The Morgan fingerprint density at radius 2 is 1.79 bits per heavy atom. The van der Waals surface area contributed by atoms with Gasteiger partial charge in [-0.15, -0.1) is 0 Å². The fraction of sp³-hybridized carbons (Fsp3) is 0.333. The lowest BCUT2D eigenvalue weighted by Gasteiger charge is -2.13. The Balaban J connectivity index is 2.32. The van der Waals surface area contributed by atoms with Gasteiger partial charge in [-0.1, -0.05) is 26.0 Å². The van der Waals surface area contributed by atoms with Gasteiger partial charge >= 0.3 is 0 Å². The van der Waals surface area contributed by atoms with Crippen molar-refractivity contribution in [3.63, 3.8) is 0 Å². The number of anilines is 1. The summed E-state index contributed by atoms with van der Waals surface area (Å²) in [5.74, 6) is 1.27. The van der Waals surface area contributed by atoms with Crippen LogP contribution in [0.2, 0.25) is 0 Å². The van der Waals surface area contributed by atoms with E-state index >= 15 is 0 Å². The van der Waals surface area contributed by atoms with Crippen molar-refractivity contribution in [3.05, 3.63) is 48.0 Å². The molecule has 0 amide bonds. The zero-order valence-corrected chi connectivity index (χ0v) is 15.2. The molecule has 24 heavy (non-hydrogen) atoms. The lowest BCUT2D eigenvalue weighted by atomic mass is 10.0. The van der Waals surface area contributed by atoms with Crippen LogP contribution in [0.3, 0.4) is 0 Å². The summed E-state index contributed by atoms with van der Waals surface area (Å²) >= 11 is 0. The van der Waals surface area contributed by atoms with Crippen molar-refractivity contribution in [3.8, 4) is 11.5 Å². The van der Waals surface area contributed by atoms with Crippen molar-refractivity contribution in [2.24, 2.45) is 5.92 Å². The monoisotopic (exact) mass is 349 g/mol. The van der Waals surface area contributed by atoms with E-state index in [1.165, 1.54) is 20.3 Å². The van der Waals surface area contributed by atoms with Crippen LogP contribution in [0.15, 0.2) is 47.4 Å². The molecule has 0 unspecified atom stereocenters. The second-order valence-corrected chi connectivity index (χ2v) is 7.57. The van der Waals surface area contributed by atoms with Crippen LogP contribution in [0.4, 0.5) is 5.69 Å². The fourth-order valence-corrected chi connectivity index (χ4v) is 3.64. The van der Waals surface area contributed by atoms with Crippen LogP contribution in [0.5, 0.6) is 11.5 Å². The lowest BCUT2D eigenvalue weighted by Crippen LogP contribution is -2.14. The third-order valence-corrected chi connectivity index (χ3v) is 4.90. The highest BCUT2D eigenvalue weighted by molar-refractivity contribution is 7.92. The van der Waals surface area contributed by atoms with Gasteiger partial charge < -0.3 is 9.47 Å². The van der Waals surface area contributed by atoms with E-state index < -0.39 is 10.0 Å². The SMILES string of the molecule is COc1ccc(S(=O)(=O)Nc2cccc(CC(C)C)c2)c(OC)c1. The summed E-state index contributed by atoms with van der Waals surface area (Å²) < 4.78 is 38.3. The van der Waals surface area contributed by atoms with Crippen LogP contribution >= 0.6 is 0 Å². The molecule has 0 saturated carbocycles. The molecule has 0 spiro atoms. The van der Waals surface area contributed by atoms with Gasteiger partial charge in [-0.05, 0) is 42.2 Å². The van der Waals surface area contributed by atoms with Gasteiger partial charge in [0.2, 0.25) is 0 Å². The maximum atomic E-state index is 12.7. The van der Waals surface area contributed by atoms with E-state index in [9.17, 15) is 8.42 Å². The van der Waals surface area contributed by atoms with E-state index in [0.29, 0.717) is 17.4 Å². The maximum Gasteiger partial charge on any atom is 0.265 e. The highest BCUT2D eigenvalue weighted by atomic mass is 32.2. The first-order valence-corrected chi connectivity index (χ1v) is 9.18. The van der Waals surface area contributed by atoms with Gasteiger partial charge in [0.1, 0.15) is 16.4 Å². The first-order chi connectivity index (χ1) is 11.4. The van der Waals surface area contributed by atoms with Gasteiger partial charge in [0.05, 0.1) is 14.2 Å². The molecular weight excluding hydrogens is 326 g/mol. The largest absolute Gasteiger partial charge is 0.497 e. The van der Waals surface area contributed by atoms with Gasteiger partial charge in [0.25, 0.3) is 10.0 Å². The summed E-state index contributed by atoms with van der Waals surface area (Å²) in [6.07, 6.45) is 0.890. The number of methoxy groups -OCH3 is 2. The Hall–Kier alpha value is -2.21. The maximum absolute atomic E-state index is 12.7. The highest BCUT2D eigenvalue weighted by Gasteiger charge is 2.20. The molecule has 2 aromatic carbocycles. The minimum atomic E-state index is -3.76. The van der Waals surface area contributed by atoms with Crippen LogP contribution in [0.1, 0.15) is 19.4 Å². The Bertz CT molecular complexity index is 800. The highest BCUT2D eigenvalue weighted by Crippen LogP contribution is 2.30. The van der Waals surface area contributed by atoms with Gasteiger partial charge in [-0.25, -0.2) is 8.42 Å². The fourth-order valence-electron chi connectivity index (χ4n) is 2.44. The molecule has 0 aliphatic heterocycles. The molecule has 0 aliphatic carbocycles. The molecule has 0 heterocycles. The number of hydrogen-bond donors (Lipinski definition) is 1. The summed E-state index contributed by atoms with van der Waals surface area (Å²) in [4.78, 5) is 0.0695. The summed E-state index contributed by atoms with van der Waals surface area (Å²) in [6.45, 7) is 4.25. The average molecular weight is 349 g/mol. The second-order valence-electron chi connectivity index (χ2n) is 5.92. The van der Waals surface area contributed by atoms with Crippen LogP contribution in [-0.4, -0.2) is 22.6 Å². The van der Waals surface area contributed by atoms with E-state index in [1.54, 1.807) is 18.2 Å². The molecule has 0 fully saturated rings. The van der Waals surface area contributed by atoms with Crippen molar-refractivity contribution in [1.29, 1.82) is 0 Å². The summed E-state index contributed by atoms with van der Waals surface area (Å²) in [6, 6.07) is 12.0. The molecule has 0 aromatic heterocycles. The van der Waals surface area contributed by atoms with Crippen molar-refractivity contribution in [2.45, 2.75) is 25.2 Å². The Kier molecular flexibility index (Phi) is 5.72. The molecule has 1 N–H and O–H groups in total. The quantitative estimate of drug-likeness (QED) is 0.828.